The Bertz CT molecular complexity index is 1010. The first-order chi connectivity index (χ1) is 15.7. The van der Waals surface area contributed by atoms with Gasteiger partial charge >= 0.3 is 6.09 Å². The third-order valence-electron chi connectivity index (χ3n) is 6.72. The summed E-state index contributed by atoms with van der Waals surface area (Å²) in [7, 11) is 0. The highest BCUT2D eigenvalue weighted by Gasteiger charge is 2.45. The predicted octanol–water partition coefficient (Wildman–Crippen LogP) is 6.97. The topological polar surface area (TPSA) is 64.8 Å². The van der Waals surface area contributed by atoms with E-state index >= 15 is 0 Å². The van der Waals surface area contributed by atoms with Crippen molar-refractivity contribution >= 4 is 29.3 Å². The number of aromatic nitrogens is 1. The van der Waals surface area contributed by atoms with E-state index < -0.39 is 5.60 Å². The summed E-state index contributed by atoms with van der Waals surface area (Å²) in [4.78, 5) is 14.7. The maximum atomic E-state index is 12.7. The van der Waals surface area contributed by atoms with E-state index in [0.717, 1.165) is 49.8 Å². The second-order valence-corrected chi connectivity index (χ2v) is 11.2. The number of nitrogens with zero attached hydrogens (tertiary/aromatic N) is 2. The van der Waals surface area contributed by atoms with Crippen molar-refractivity contribution in [2.45, 2.75) is 95.6 Å². The van der Waals surface area contributed by atoms with Gasteiger partial charge in [0.2, 0.25) is 0 Å². The zero-order valence-corrected chi connectivity index (χ0v) is 20.8. The van der Waals surface area contributed by atoms with Gasteiger partial charge in [-0.2, -0.15) is 0 Å². The summed E-state index contributed by atoms with van der Waals surface area (Å²) in [5.41, 5.74) is 1.80. The molecule has 2 aliphatic heterocycles. The average molecular weight is 493 g/mol. The Labute approximate surface area is 204 Å². The third kappa shape index (κ3) is 4.75. The highest BCUT2D eigenvalue weighted by molar-refractivity contribution is 6.39. The Morgan fingerprint density at radius 2 is 1.76 bits per heavy atom. The van der Waals surface area contributed by atoms with Crippen LogP contribution in [-0.4, -0.2) is 39.9 Å². The molecule has 1 aromatic carbocycles. The van der Waals surface area contributed by atoms with Crippen LogP contribution in [0.5, 0.6) is 0 Å². The molecule has 1 aromatic heterocycles. The summed E-state index contributed by atoms with van der Waals surface area (Å²) in [5, 5.41) is 5.44. The Morgan fingerprint density at radius 3 is 2.33 bits per heavy atom. The zero-order valence-electron chi connectivity index (χ0n) is 19.3. The van der Waals surface area contributed by atoms with Gasteiger partial charge in [0.25, 0.3) is 0 Å². The molecule has 0 radical (unpaired) electrons. The van der Waals surface area contributed by atoms with Crippen molar-refractivity contribution in [1.29, 1.82) is 0 Å². The largest absolute Gasteiger partial charge is 0.444 e. The summed E-state index contributed by atoms with van der Waals surface area (Å²) in [6.07, 6.45) is 5.64. The van der Waals surface area contributed by atoms with E-state index in [1.54, 1.807) is 0 Å². The first-order valence-corrected chi connectivity index (χ1v) is 12.5. The quantitative estimate of drug-likeness (QED) is 0.450. The van der Waals surface area contributed by atoms with Gasteiger partial charge in [-0.3, -0.25) is 0 Å². The fourth-order valence-electron chi connectivity index (χ4n) is 5.13. The van der Waals surface area contributed by atoms with Gasteiger partial charge in [0.1, 0.15) is 17.1 Å². The van der Waals surface area contributed by atoms with Crippen LogP contribution in [0, 0.1) is 0 Å². The maximum absolute atomic E-state index is 12.7. The highest BCUT2D eigenvalue weighted by Crippen LogP contribution is 2.46. The van der Waals surface area contributed by atoms with Crippen LogP contribution in [0.3, 0.4) is 0 Å². The third-order valence-corrected chi connectivity index (χ3v) is 7.35. The minimum absolute atomic E-state index is 0.0673. The van der Waals surface area contributed by atoms with Gasteiger partial charge in [0, 0.05) is 29.1 Å². The summed E-state index contributed by atoms with van der Waals surface area (Å²) >= 11 is 12.9. The number of piperidine rings is 1. The van der Waals surface area contributed by atoms with E-state index in [4.69, 9.17) is 37.2 Å². The number of hydrogen-bond donors (Lipinski definition) is 0. The van der Waals surface area contributed by atoms with Gasteiger partial charge < -0.3 is 18.9 Å². The van der Waals surface area contributed by atoms with Crippen LogP contribution < -0.4 is 0 Å². The van der Waals surface area contributed by atoms with Crippen LogP contribution in [0.15, 0.2) is 22.7 Å². The molecule has 1 amide bonds. The van der Waals surface area contributed by atoms with Crippen LogP contribution >= 0.6 is 23.2 Å². The van der Waals surface area contributed by atoms with Crippen LogP contribution in [-0.2, 0) is 16.1 Å². The van der Waals surface area contributed by atoms with Gasteiger partial charge in [0.05, 0.1) is 22.8 Å². The van der Waals surface area contributed by atoms with Gasteiger partial charge in [-0.15, -0.1) is 0 Å². The molecule has 3 aliphatic rings. The van der Waals surface area contributed by atoms with E-state index in [2.05, 4.69) is 5.16 Å². The molecule has 2 saturated heterocycles. The van der Waals surface area contributed by atoms with Crippen molar-refractivity contribution in [2.24, 2.45) is 0 Å². The molecule has 2 atom stereocenters. The van der Waals surface area contributed by atoms with Crippen molar-refractivity contribution < 1.29 is 18.8 Å². The number of halogens is 2. The number of carbonyl (C=O) groups excluding carboxylic acids is 1. The van der Waals surface area contributed by atoms with Crippen molar-refractivity contribution in [3.8, 4) is 11.3 Å². The number of hydrogen-bond acceptors (Lipinski definition) is 5. The lowest BCUT2D eigenvalue weighted by atomic mass is 9.99. The predicted molar refractivity (Wildman–Crippen MR) is 127 cm³/mol. The normalized spacial score (nSPS) is 24.9. The highest BCUT2D eigenvalue weighted by atomic mass is 35.5. The standard InChI is InChI=1S/C25H30Cl2N2O4/c1-25(2,3)32-24(30)29-15-9-10-16(29)12-17(11-15)31-13-18-22(28-33-23(18)14-7-8-14)21-19(26)5-4-6-20(21)27/h4-6,14-17H,7-13H2,1-3H3. The SMILES string of the molecule is CC(C)(C)OC(=O)N1C2CCC1CC(OCc1c(-c3c(Cl)cccc3Cl)noc1C1CC1)C2. The minimum Gasteiger partial charge on any atom is -0.444 e. The number of fused-ring (bicyclic) bond motifs is 2. The lowest BCUT2D eigenvalue weighted by Crippen LogP contribution is -2.50. The van der Waals surface area contributed by atoms with E-state index in [9.17, 15) is 4.79 Å². The molecule has 1 aliphatic carbocycles. The molecule has 178 valence electrons. The lowest BCUT2D eigenvalue weighted by molar-refractivity contribution is -0.0398. The van der Waals surface area contributed by atoms with Gasteiger partial charge in [0.15, 0.2) is 0 Å². The van der Waals surface area contributed by atoms with E-state index in [1.165, 1.54) is 0 Å². The first-order valence-electron chi connectivity index (χ1n) is 11.8. The summed E-state index contributed by atoms with van der Waals surface area (Å²) in [5.74, 6) is 1.27. The second-order valence-electron chi connectivity index (χ2n) is 10.4. The van der Waals surface area contributed by atoms with Gasteiger partial charge in [-0.05, 0) is 71.4 Å². The smallest absolute Gasteiger partial charge is 0.410 e. The summed E-state index contributed by atoms with van der Waals surface area (Å²) < 4.78 is 17.8. The second kappa shape index (κ2) is 8.79. The van der Waals surface area contributed by atoms with Crippen molar-refractivity contribution in [1.82, 2.24) is 10.1 Å². The number of benzene rings is 1. The maximum Gasteiger partial charge on any atom is 0.410 e. The van der Waals surface area contributed by atoms with Gasteiger partial charge in [-0.25, -0.2) is 4.79 Å². The summed E-state index contributed by atoms with van der Waals surface area (Å²) in [6.45, 7) is 6.11. The molecule has 2 aromatic rings. The number of carbonyl (C=O) groups is 1. The van der Waals surface area contributed by atoms with Gasteiger partial charge in [-0.1, -0.05) is 34.4 Å². The Kier molecular flexibility index (Phi) is 6.13. The van der Waals surface area contributed by atoms with Crippen LogP contribution in [0.1, 0.15) is 76.5 Å². The van der Waals surface area contributed by atoms with Crippen LogP contribution in [0.4, 0.5) is 4.79 Å². The van der Waals surface area contributed by atoms with E-state index in [-0.39, 0.29) is 24.3 Å². The average Bonchev–Trinajstić information content (AvgIpc) is 3.43. The molecule has 33 heavy (non-hydrogen) atoms. The van der Waals surface area contributed by atoms with Crippen molar-refractivity contribution in [2.75, 3.05) is 0 Å². The molecule has 2 bridgehead atoms. The molecular formula is C25H30Cl2N2O4. The molecule has 3 fully saturated rings. The number of ether oxygens (including phenoxy) is 2. The molecular weight excluding hydrogens is 463 g/mol. The Hall–Kier alpha value is -1.76. The molecule has 1 saturated carbocycles. The molecule has 2 unspecified atom stereocenters. The fourth-order valence-corrected chi connectivity index (χ4v) is 5.70. The van der Waals surface area contributed by atoms with Crippen LogP contribution in [0.2, 0.25) is 10.0 Å². The minimum atomic E-state index is -0.492. The van der Waals surface area contributed by atoms with E-state index in [0.29, 0.717) is 33.8 Å². The molecule has 5 rings (SSSR count). The fraction of sp³-hybridized carbons (Fsp3) is 0.600. The number of amides is 1. The molecule has 0 spiro atoms. The Balaban J connectivity index is 1.31. The molecule has 8 heteroatoms. The van der Waals surface area contributed by atoms with E-state index in [1.807, 2.05) is 43.9 Å². The zero-order chi connectivity index (χ0) is 23.3. The lowest BCUT2D eigenvalue weighted by Gasteiger charge is -2.39. The van der Waals surface area contributed by atoms with Crippen molar-refractivity contribution in [3.05, 3.63) is 39.6 Å². The molecule has 0 N–H and O–H groups in total. The number of rotatable bonds is 5. The van der Waals surface area contributed by atoms with Crippen molar-refractivity contribution in [3.63, 3.8) is 0 Å². The molecule has 6 nitrogen and oxygen atoms in total. The Morgan fingerprint density at radius 1 is 1.12 bits per heavy atom. The molecule has 3 heterocycles. The van der Waals surface area contributed by atoms with Crippen LogP contribution in [0.25, 0.3) is 11.3 Å². The monoisotopic (exact) mass is 492 g/mol. The first kappa shape index (κ1) is 23.0. The summed E-state index contributed by atoms with van der Waals surface area (Å²) in [6, 6.07) is 5.75.